The number of nitrogens with one attached hydrogen (secondary N) is 1. The van der Waals surface area contributed by atoms with Gasteiger partial charge >= 0.3 is 5.97 Å². The number of amides is 1. The Morgan fingerprint density at radius 2 is 2.18 bits per heavy atom. The van der Waals surface area contributed by atoms with Crippen molar-refractivity contribution in [1.82, 2.24) is 5.32 Å². The number of ether oxygens (including phenoxy) is 1. The number of aromatic carboxylic acids is 1. The third-order valence-corrected chi connectivity index (χ3v) is 2.53. The molecule has 17 heavy (non-hydrogen) atoms. The number of carbonyl (C=O) groups excluding carboxylic acids is 1. The molecular formula is C11H12BrNO4. The van der Waals surface area contributed by atoms with Gasteiger partial charge in [-0.05, 0) is 34.1 Å². The third-order valence-electron chi connectivity index (χ3n) is 1.91. The molecule has 0 fully saturated rings. The van der Waals surface area contributed by atoms with Gasteiger partial charge in [-0.15, -0.1) is 0 Å². The van der Waals surface area contributed by atoms with Crippen LogP contribution in [-0.4, -0.2) is 30.1 Å². The number of hydrogen-bond acceptors (Lipinski definition) is 3. The van der Waals surface area contributed by atoms with E-state index in [0.29, 0.717) is 23.4 Å². The summed E-state index contributed by atoms with van der Waals surface area (Å²) in [6.45, 7) is 2.16. The predicted octanol–water partition coefficient (Wildman–Crippen LogP) is 1.66. The fourth-order valence-corrected chi connectivity index (χ4v) is 1.63. The van der Waals surface area contributed by atoms with Gasteiger partial charge in [0.05, 0.1) is 16.6 Å². The van der Waals surface area contributed by atoms with Gasteiger partial charge in [-0.25, -0.2) is 4.79 Å². The lowest BCUT2D eigenvalue weighted by molar-refractivity contribution is -0.119. The van der Waals surface area contributed by atoms with Crippen LogP contribution in [0.15, 0.2) is 22.7 Å². The fourth-order valence-electron chi connectivity index (χ4n) is 1.14. The summed E-state index contributed by atoms with van der Waals surface area (Å²) >= 11 is 3.22. The Bertz CT molecular complexity index is 433. The van der Waals surface area contributed by atoms with Crippen molar-refractivity contribution in [2.24, 2.45) is 0 Å². The molecule has 0 spiro atoms. The van der Waals surface area contributed by atoms with Gasteiger partial charge in [0.2, 0.25) is 5.91 Å². The molecule has 6 heteroatoms. The molecule has 0 saturated carbocycles. The third kappa shape index (κ3) is 4.44. The standard InChI is InChI=1S/C11H12BrNO4/c1-7(14)13-4-5-17-10-3-2-8(11(15)16)6-9(10)12/h2-3,6H,4-5H2,1H3,(H,13,14)(H,15,16). The quantitative estimate of drug-likeness (QED) is 0.811. The van der Waals surface area contributed by atoms with E-state index in [0.717, 1.165) is 0 Å². The zero-order valence-corrected chi connectivity index (χ0v) is 10.8. The van der Waals surface area contributed by atoms with Gasteiger partial charge in [0.25, 0.3) is 0 Å². The number of hydrogen-bond donors (Lipinski definition) is 2. The molecule has 5 nitrogen and oxygen atoms in total. The van der Waals surface area contributed by atoms with E-state index < -0.39 is 5.97 Å². The van der Waals surface area contributed by atoms with Crippen LogP contribution in [0.3, 0.4) is 0 Å². The molecule has 1 amide bonds. The second kappa shape index (κ2) is 6.24. The van der Waals surface area contributed by atoms with Crippen molar-refractivity contribution in [2.75, 3.05) is 13.2 Å². The summed E-state index contributed by atoms with van der Waals surface area (Å²) in [5.74, 6) is -0.565. The van der Waals surface area contributed by atoms with E-state index in [9.17, 15) is 9.59 Å². The first-order valence-corrected chi connectivity index (χ1v) is 5.70. The molecule has 0 aromatic heterocycles. The molecule has 1 rings (SSSR count). The summed E-state index contributed by atoms with van der Waals surface area (Å²) in [5, 5.41) is 11.4. The SMILES string of the molecule is CC(=O)NCCOc1ccc(C(=O)O)cc1Br. The van der Waals surface area contributed by atoms with Crippen LogP contribution < -0.4 is 10.1 Å². The minimum Gasteiger partial charge on any atom is -0.491 e. The molecule has 0 radical (unpaired) electrons. The van der Waals surface area contributed by atoms with Crippen LogP contribution in [0.5, 0.6) is 5.75 Å². The fraction of sp³-hybridized carbons (Fsp3) is 0.273. The summed E-state index contributed by atoms with van der Waals surface area (Å²) in [5.41, 5.74) is 0.186. The molecule has 1 aromatic carbocycles. The molecule has 0 aliphatic heterocycles. The Hall–Kier alpha value is -1.56. The molecule has 2 N–H and O–H groups in total. The van der Waals surface area contributed by atoms with Crippen molar-refractivity contribution in [3.8, 4) is 5.75 Å². The number of halogens is 1. The van der Waals surface area contributed by atoms with Crippen LogP contribution in [0, 0.1) is 0 Å². The largest absolute Gasteiger partial charge is 0.491 e. The molecule has 92 valence electrons. The summed E-state index contributed by atoms with van der Waals surface area (Å²) in [6, 6.07) is 4.50. The van der Waals surface area contributed by atoms with Crippen LogP contribution in [0.4, 0.5) is 0 Å². The highest BCUT2D eigenvalue weighted by Gasteiger charge is 2.07. The summed E-state index contributed by atoms with van der Waals surface area (Å²) in [6.07, 6.45) is 0. The van der Waals surface area contributed by atoms with Crippen molar-refractivity contribution in [3.63, 3.8) is 0 Å². The van der Waals surface area contributed by atoms with Crippen molar-refractivity contribution >= 4 is 27.8 Å². The number of carboxylic acid groups (broad SMARTS) is 1. The van der Waals surface area contributed by atoms with Crippen LogP contribution in [0.25, 0.3) is 0 Å². The van der Waals surface area contributed by atoms with Crippen molar-refractivity contribution in [1.29, 1.82) is 0 Å². The Kier molecular flexibility index (Phi) is 4.96. The van der Waals surface area contributed by atoms with Gasteiger partial charge in [-0.3, -0.25) is 4.79 Å². The van der Waals surface area contributed by atoms with Crippen LogP contribution in [0.2, 0.25) is 0 Å². The van der Waals surface area contributed by atoms with Gasteiger partial charge in [-0.1, -0.05) is 0 Å². The minimum atomic E-state index is -0.990. The van der Waals surface area contributed by atoms with E-state index in [1.807, 2.05) is 0 Å². The van der Waals surface area contributed by atoms with Crippen molar-refractivity contribution in [2.45, 2.75) is 6.92 Å². The molecular weight excluding hydrogens is 290 g/mol. The molecule has 1 aromatic rings. The normalized spacial score (nSPS) is 9.76. The van der Waals surface area contributed by atoms with Crippen LogP contribution in [-0.2, 0) is 4.79 Å². The molecule has 0 atom stereocenters. The first kappa shape index (κ1) is 13.5. The summed E-state index contributed by atoms with van der Waals surface area (Å²) in [4.78, 5) is 21.3. The van der Waals surface area contributed by atoms with Gasteiger partial charge < -0.3 is 15.2 Å². The van der Waals surface area contributed by atoms with Crippen LogP contribution in [0.1, 0.15) is 17.3 Å². The highest BCUT2D eigenvalue weighted by molar-refractivity contribution is 9.10. The first-order valence-electron chi connectivity index (χ1n) is 4.91. The van der Waals surface area contributed by atoms with E-state index in [1.165, 1.54) is 19.1 Å². The monoisotopic (exact) mass is 301 g/mol. The molecule has 0 saturated heterocycles. The Labute approximate surface area is 107 Å². The topological polar surface area (TPSA) is 75.6 Å². The smallest absolute Gasteiger partial charge is 0.335 e. The average Bonchev–Trinajstić information content (AvgIpc) is 2.25. The zero-order chi connectivity index (χ0) is 12.8. The van der Waals surface area contributed by atoms with Gasteiger partial charge in [0, 0.05) is 6.92 Å². The van der Waals surface area contributed by atoms with E-state index in [2.05, 4.69) is 21.2 Å². The Morgan fingerprint density at radius 1 is 1.47 bits per heavy atom. The minimum absolute atomic E-state index is 0.117. The average molecular weight is 302 g/mol. The number of benzene rings is 1. The van der Waals surface area contributed by atoms with Gasteiger partial charge in [0.1, 0.15) is 12.4 Å². The Balaban J connectivity index is 2.54. The maximum atomic E-state index is 10.7. The number of carbonyl (C=O) groups is 2. The maximum Gasteiger partial charge on any atom is 0.335 e. The van der Waals surface area contributed by atoms with E-state index in [1.54, 1.807) is 6.07 Å². The predicted molar refractivity (Wildman–Crippen MR) is 65.3 cm³/mol. The molecule has 0 aliphatic rings. The summed E-state index contributed by atoms with van der Waals surface area (Å²) in [7, 11) is 0. The lowest BCUT2D eigenvalue weighted by Gasteiger charge is -2.08. The van der Waals surface area contributed by atoms with Gasteiger partial charge in [-0.2, -0.15) is 0 Å². The molecule has 0 bridgehead atoms. The number of carboxylic acids is 1. The first-order chi connectivity index (χ1) is 8.00. The lowest BCUT2D eigenvalue weighted by Crippen LogP contribution is -2.25. The number of rotatable bonds is 5. The van der Waals surface area contributed by atoms with E-state index in [-0.39, 0.29) is 11.5 Å². The molecule has 0 heterocycles. The highest BCUT2D eigenvalue weighted by Crippen LogP contribution is 2.25. The lowest BCUT2D eigenvalue weighted by atomic mass is 10.2. The zero-order valence-electron chi connectivity index (χ0n) is 9.20. The summed E-state index contributed by atoms with van der Waals surface area (Å²) < 4.78 is 5.94. The van der Waals surface area contributed by atoms with Crippen LogP contribution >= 0.6 is 15.9 Å². The van der Waals surface area contributed by atoms with Crippen molar-refractivity contribution in [3.05, 3.63) is 28.2 Å². The van der Waals surface area contributed by atoms with E-state index in [4.69, 9.17) is 9.84 Å². The Morgan fingerprint density at radius 3 is 2.71 bits per heavy atom. The van der Waals surface area contributed by atoms with E-state index >= 15 is 0 Å². The maximum absolute atomic E-state index is 10.7. The second-order valence-corrected chi connectivity index (χ2v) is 4.14. The second-order valence-electron chi connectivity index (χ2n) is 3.28. The van der Waals surface area contributed by atoms with Gasteiger partial charge in [0.15, 0.2) is 0 Å². The van der Waals surface area contributed by atoms with Crippen molar-refractivity contribution < 1.29 is 19.4 Å². The molecule has 0 unspecified atom stereocenters. The molecule has 0 aliphatic carbocycles. The highest BCUT2D eigenvalue weighted by atomic mass is 79.9.